The summed E-state index contributed by atoms with van der Waals surface area (Å²) in [6, 6.07) is 7.70. The molecule has 4 rings (SSSR count). The molecular weight excluding hydrogens is 332 g/mol. The van der Waals surface area contributed by atoms with Crippen LogP contribution in [0.15, 0.2) is 24.3 Å². The molecule has 1 fully saturated rings. The molecule has 138 valence electrons. The van der Waals surface area contributed by atoms with E-state index in [4.69, 9.17) is 9.47 Å². The first-order chi connectivity index (χ1) is 12.4. The van der Waals surface area contributed by atoms with Crippen LogP contribution >= 0.6 is 0 Å². The van der Waals surface area contributed by atoms with Gasteiger partial charge in [-0.3, -0.25) is 14.4 Å². The van der Waals surface area contributed by atoms with Crippen LogP contribution in [0.3, 0.4) is 0 Å². The van der Waals surface area contributed by atoms with Crippen molar-refractivity contribution < 1.29 is 14.3 Å². The van der Waals surface area contributed by atoms with Crippen molar-refractivity contribution in [1.29, 1.82) is 0 Å². The number of likely N-dealkylation sites (N-methyl/N-ethyl adjacent to an activating group) is 1. The van der Waals surface area contributed by atoms with E-state index in [0.717, 1.165) is 22.7 Å². The Morgan fingerprint density at radius 2 is 1.92 bits per heavy atom. The Hall–Kier alpha value is -2.54. The van der Waals surface area contributed by atoms with E-state index in [1.807, 2.05) is 53.7 Å². The third kappa shape index (κ3) is 2.82. The molecule has 1 saturated heterocycles. The summed E-state index contributed by atoms with van der Waals surface area (Å²) in [6.07, 6.45) is 0. The number of likely N-dealkylation sites (tertiary alicyclic amines) is 1. The number of rotatable bonds is 4. The lowest BCUT2D eigenvalue weighted by Crippen LogP contribution is -2.54. The molecule has 0 saturated carbocycles. The van der Waals surface area contributed by atoms with Crippen molar-refractivity contribution in [2.75, 3.05) is 34.0 Å². The fourth-order valence-electron chi connectivity index (χ4n) is 3.72. The van der Waals surface area contributed by atoms with Crippen molar-refractivity contribution in [3.63, 3.8) is 0 Å². The molecule has 2 aliphatic heterocycles. The number of carbonyl (C=O) groups excluding carboxylic acids is 1. The minimum Gasteiger partial charge on any atom is -0.454 e. The van der Waals surface area contributed by atoms with Crippen LogP contribution in [0, 0.1) is 13.8 Å². The summed E-state index contributed by atoms with van der Waals surface area (Å²) in [5.74, 6) is 1.53. The molecule has 26 heavy (non-hydrogen) atoms. The largest absolute Gasteiger partial charge is 0.454 e. The third-order valence-corrected chi connectivity index (χ3v) is 5.03. The topological polar surface area (TPSA) is 59.8 Å². The smallest absolute Gasteiger partial charge is 0.244 e. The Labute approximate surface area is 153 Å². The molecular formula is C19H24N4O3. The van der Waals surface area contributed by atoms with E-state index in [9.17, 15) is 4.79 Å². The van der Waals surface area contributed by atoms with Crippen molar-refractivity contribution >= 4 is 5.91 Å². The van der Waals surface area contributed by atoms with Gasteiger partial charge < -0.3 is 14.4 Å². The van der Waals surface area contributed by atoms with Gasteiger partial charge in [0.25, 0.3) is 0 Å². The maximum absolute atomic E-state index is 13.1. The quantitative estimate of drug-likeness (QED) is 0.838. The predicted molar refractivity (Wildman–Crippen MR) is 96.3 cm³/mol. The number of aromatic nitrogens is 2. The summed E-state index contributed by atoms with van der Waals surface area (Å²) in [7, 11) is 3.84. The van der Waals surface area contributed by atoms with E-state index >= 15 is 0 Å². The average molecular weight is 356 g/mol. The highest BCUT2D eigenvalue weighted by Crippen LogP contribution is 2.36. The second-order valence-electron chi connectivity index (χ2n) is 7.25. The van der Waals surface area contributed by atoms with Crippen LogP contribution in [0.4, 0.5) is 0 Å². The van der Waals surface area contributed by atoms with Crippen LogP contribution in [0.1, 0.15) is 29.0 Å². The first-order valence-corrected chi connectivity index (χ1v) is 8.81. The molecule has 7 nitrogen and oxygen atoms in total. The summed E-state index contributed by atoms with van der Waals surface area (Å²) in [5.41, 5.74) is 3.07. The van der Waals surface area contributed by atoms with E-state index in [0.29, 0.717) is 18.8 Å². The van der Waals surface area contributed by atoms with Gasteiger partial charge in [0.15, 0.2) is 11.5 Å². The first-order valence-electron chi connectivity index (χ1n) is 8.81. The number of hydrogen-bond donors (Lipinski definition) is 0. The van der Waals surface area contributed by atoms with Gasteiger partial charge in [-0.15, -0.1) is 0 Å². The van der Waals surface area contributed by atoms with Gasteiger partial charge >= 0.3 is 0 Å². The van der Waals surface area contributed by atoms with Crippen LogP contribution in [-0.4, -0.2) is 59.5 Å². The average Bonchev–Trinajstić information content (AvgIpc) is 3.11. The van der Waals surface area contributed by atoms with E-state index in [1.54, 1.807) is 0 Å². The van der Waals surface area contributed by atoms with Crippen LogP contribution in [0.2, 0.25) is 0 Å². The fraction of sp³-hybridized carbons (Fsp3) is 0.474. The lowest BCUT2D eigenvalue weighted by molar-refractivity contribution is -0.142. The molecule has 1 amide bonds. The number of ether oxygens (including phenoxy) is 2. The SMILES string of the molecule is Cc1cc(C)n(C2CN(C(=O)[C@@H](c3ccc4c(c3)OCO4)N(C)C)C2)n1. The normalized spacial score (nSPS) is 17.5. The van der Waals surface area contributed by atoms with Crippen molar-refractivity contribution in [3.8, 4) is 11.5 Å². The summed E-state index contributed by atoms with van der Waals surface area (Å²) < 4.78 is 12.9. The molecule has 1 aromatic carbocycles. The predicted octanol–water partition coefficient (Wildman–Crippen LogP) is 1.91. The van der Waals surface area contributed by atoms with Crippen LogP contribution in [-0.2, 0) is 4.79 Å². The highest BCUT2D eigenvalue weighted by molar-refractivity contribution is 5.84. The molecule has 1 atom stereocenters. The van der Waals surface area contributed by atoms with E-state index in [-0.39, 0.29) is 24.8 Å². The number of aryl methyl sites for hydroxylation is 2. The van der Waals surface area contributed by atoms with Gasteiger partial charge in [-0.2, -0.15) is 5.10 Å². The summed E-state index contributed by atoms with van der Waals surface area (Å²) in [6.45, 7) is 5.66. The molecule has 0 bridgehead atoms. The lowest BCUT2D eigenvalue weighted by Gasteiger charge is -2.42. The molecule has 2 aromatic rings. The number of fused-ring (bicyclic) bond motifs is 1. The van der Waals surface area contributed by atoms with Crippen molar-refractivity contribution in [3.05, 3.63) is 41.2 Å². The Morgan fingerprint density at radius 3 is 2.58 bits per heavy atom. The first kappa shape index (κ1) is 16.9. The third-order valence-electron chi connectivity index (χ3n) is 5.03. The standard InChI is InChI=1S/C19H24N4O3/c1-12-7-13(2)23(20-12)15-9-22(10-15)19(24)18(21(3)4)14-5-6-16-17(8-14)26-11-25-16/h5-8,15,18H,9-11H2,1-4H3/t18-/m1/s1. The highest BCUT2D eigenvalue weighted by atomic mass is 16.7. The van der Waals surface area contributed by atoms with Gasteiger partial charge in [0.1, 0.15) is 6.04 Å². The summed E-state index contributed by atoms with van der Waals surface area (Å²) in [5, 5.41) is 4.54. The number of amides is 1. The summed E-state index contributed by atoms with van der Waals surface area (Å²) in [4.78, 5) is 17.0. The van der Waals surface area contributed by atoms with Gasteiger partial charge in [0.05, 0.1) is 11.7 Å². The summed E-state index contributed by atoms with van der Waals surface area (Å²) >= 11 is 0. The number of nitrogens with zero attached hydrogens (tertiary/aromatic N) is 4. The zero-order valence-corrected chi connectivity index (χ0v) is 15.6. The maximum atomic E-state index is 13.1. The molecule has 0 unspecified atom stereocenters. The zero-order chi connectivity index (χ0) is 18.4. The highest BCUT2D eigenvalue weighted by Gasteiger charge is 2.38. The Balaban J connectivity index is 1.50. The van der Waals surface area contributed by atoms with Crippen LogP contribution < -0.4 is 9.47 Å². The van der Waals surface area contributed by atoms with Crippen LogP contribution in [0.25, 0.3) is 0 Å². The Morgan fingerprint density at radius 1 is 1.19 bits per heavy atom. The van der Waals surface area contributed by atoms with Gasteiger partial charge in [0, 0.05) is 18.8 Å². The van der Waals surface area contributed by atoms with E-state index in [1.165, 1.54) is 0 Å². The number of carbonyl (C=O) groups is 1. The minimum atomic E-state index is -0.342. The molecule has 0 aliphatic carbocycles. The van der Waals surface area contributed by atoms with E-state index < -0.39 is 0 Å². The molecule has 0 spiro atoms. The minimum absolute atomic E-state index is 0.103. The van der Waals surface area contributed by atoms with E-state index in [2.05, 4.69) is 18.1 Å². The van der Waals surface area contributed by atoms with Gasteiger partial charge in [0.2, 0.25) is 12.7 Å². The Kier molecular flexibility index (Phi) is 4.11. The van der Waals surface area contributed by atoms with Crippen molar-refractivity contribution in [2.45, 2.75) is 25.9 Å². The van der Waals surface area contributed by atoms with Gasteiger partial charge in [-0.1, -0.05) is 6.07 Å². The monoisotopic (exact) mass is 356 g/mol. The van der Waals surface area contributed by atoms with Gasteiger partial charge in [-0.25, -0.2) is 0 Å². The molecule has 7 heteroatoms. The molecule has 2 aliphatic rings. The van der Waals surface area contributed by atoms with Gasteiger partial charge in [-0.05, 0) is 51.7 Å². The molecule has 3 heterocycles. The number of benzene rings is 1. The molecule has 0 radical (unpaired) electrons. The zero-order valence-electron chi connectivity index (χ0n) is 15.6. The Bertz CT molecular complexity index is 839. The second kappa shape index (κ2) is 6.32. The van der Waals surface area contributed by atoms with Crippen LogP contribution in [0.5, 0.6) is 11.5 Å². The van der Waals surface area contributed by atoms with Crippen molar-refractivity contribution in [2.24, 2.45) is 0 Å². The lowest BCUT2D eigenvalue weighted by atomic mass is 10.0. The number of hydrogen-bond acceptors (Lipinski definition) is 5. The van der Waals surface area contributed by atoms with Crippen molar-refractivity contribution in [1.82, 2.24) is 19.6 Å². The second-order valence-corrected chi connectivity index (χ2v) is 7.25. The molecule has 1 aromatic heterocycles. The maximum Gasteiger partial charge on any atom is 0.244 e. The molecule has 0 N–H and O–H groups in total. The fourth-order valence-corrected chi connectivity index (χ4v) is 3.72.